The zero-order valence-corrected chi connectivity index (χ0v) is 16.7. The molecule has 0 aromatic heterocycles. The molecule has 152 valence electrons. The van der Waals surface area contributed by atoms with E-state index in [1.54, 1.807) is 30.3 Å². The average Bonchev–Trinajstić information content (AvgIpc) is 2.75. The van der Waals surface area contributed by atoms with Crippen molar-refractivity contribution >= 4 is 11.7 Å². The van der Waals surface area contributed by atoms with Crippen molar-refractivity contribution in [2.24, 2.45) is 0 Å². The highest BCUT2D eigenvalue weighted by molar-refractivity contribution is 5.81. The Morgan fingerprint density at radius 3 is 2.48 bits per heavy atom. The minimum atomic E-state index is -1.07. The molecule has 0 aliphatic heterocycles. The predicted molar refractivity (Wildman–Crippen MR) is 112 cm³/mol. The molecule has 6 heteroatoms. The van der Waals surface area contributed by atoms with Crippen LogP contribution in [-0.2, 0) is 11.2 Å². The molecule has 2 atom stereocenters. The van der Waals surface area contributed by atoms with Gasteiger partial charge in [-0.25, -0.2) is 4.79 Å². The van der Waals surface area contributed by atoms with E-state index in [1.807, 2.05) is 32.0 Å². The molecule has 0 radical (unpaired) electrons. The normalized spacial score (nSPS) is 12.5. The number of nitriles is 1. The summed E-state index contributed by atoms with van der Waals surface area (Å²) in [5.74, 6) is -0.677. The Hall–Kier alpha value is -3.30. The van der Waals surface area contributed by atoms with Crippen LogP contribution in [0.25, 0.3) is 0 Å². The van der Waals surface area contributed by atoms with Crippen LogP contribution in [0.5, 0.6) is 5.75 Å². The number of aliphatic hydroxyl groups is 1. The van der Waals surface area contributed by atoms with Crippen molar-refractivity contribution in [3.05, 3.63) is 71.3 Å². The Morgan fingerprint density at radius 1 is 1.31 bits per heavy atom. The van der Waals surface area contributed by atoms with Gasteiger partial charge in [0.15, 0.2) is 6.04 Å². The number of allylic oxidation sites excluding steroid dienone is 1. The van der Waals surface area contributed by atoms with Gasteiger partial charge in [0, 0.05) is 22.7 Å². The van der Waals surface area contributed by atoms with Crippen molar-refractivity contribution in [2.75, 3.05) is 18.5 Å². The van der Waals surface area contributed by atoms with E-state index in [1.165, 1.54) is 0 Å². The number of hydrogen-bond acceptors (Lipinski definition) is 5. The number of carbonyl (C=O) groups is 1. The van der Waals surface area contributed by atoms with E-state index in [0.717, 1.165) is 17.5 Å². The van der Waals surface area contributed by atoms with Crippen LogP contribution in [0.4, 0.5) is 5.69 Å². The standard InChI is InChI=1S/C23H26N2O4/c1-4-15(3)19-12-16(5-2)13-20(22(19)29-11-10-26)21(23(27)28)25-18-8-6-17(14-24)7-9-18/h4,6-9,12-13,15,21,25-26H,1,5,10-11H2,2-3H3,(H,27,28)/t15-,21?/m0/s1. The fourth-order valence-corrected chi connectivity index (χ4v) is 3.02. The number of ether oxygens (including phenoxy) is 1. The van der Waals surface area contributed by atoms with Gasteiger partial charge in [0.1, 0.15) is 12.4 Å². The monoisotopic (exact) mass is 394 g/mol. The molecule has 29 heavy (non-hydrogen) atoms. The lowest BCUT2D eigenvalue weighted by molar-refractivity contribution is -0.138. The van der Waals surface area contributed by atoms with Gasteiger partial charge in [-0.3, -0.25) is 0 Å². The van der Waals surface area contributed by atoms with Crippen LogP contribution in [0.3, 0.4) is 0 Å². The van der Waals surface area contributed by atoms with E-state index in [9.17, 15) is 15.0 Å². The first-order valence-corrected chi connectivity index (χ1v) is 9.47. The van der Waals surface area contributed by atoms with Gasteiger partial charge in [-0.2, -0.15) is 5.26 Å². The summed E-state index contributed by atoms with van der Waals surface area (Å²) in [6.45, 7) is 7.67. The van der Waals surface area contributed by atoms with Crippen molar-refractivity contribution < 1.29 is 19.7 Å². The molecule has 0 aliphatic rings. The number of aliphatic carboxylic acids is 1. The fraction of sp³-hybridized carbons (Fsp3) is 0.304. The molecule has 0 heterocycles. The molecule has 3 N–H and O–H groups in total. The quantitative estimate of drug-likeness (QED) is 0.526. The van der Waals surface area contributed by atoms with Gasteiger partial charge in [0.05, 0.1) is 18.2 Å². The third kappa shape index (κ3) is 5.37. The number of carboxylic acids is 1. The lowest BCUT2D eigenvalue weighted by Crippen LogP contribution is -2.23. The summed E-state index contributed by atoms with van der Waals surface area (Å²) in [5.41, 5.74) is 3.36. The van der Waals surface area contributed by atoms with Gasteiger partial charge in [-0.05, 0) is 42.3 Å². The van der Waals surface area contributed by atoms with Crippen molar-refractivity contribution in [3.63, 3.8) is 0 Å². The van der Waals surface area contributed by atoms with E-state index >= 15 is 0 Å². The summed E-state index contributed by atoms with van der Waals surface area (Å²) in [5, 5.41) is 31.2. The molecule has 2 rings (SSSR count). The maximum atomic E-state index is 12.2. The zero-order chi connectivity index (χ0) is 21.4. The number of benzene rings is 2. The number of aryl methyl sites for hydroxylation is 1. The Kier molecular flexibility index (Phi) is 7.81. The molecule has 2 aromatic carbocycles. The van der Waals surface area contributed by atoms with Gasteiger partial charge in [0.2, 0.25) is 0 Å². The highest BCUT2D eigenvalue weighted by Gasteiger charge is 2.27. The summed E-state index contributed by atoms with van der Waals surface area (Å²) in [4.78, 5) is 12.2. The Morgan fingerprint density at radius 2 is 1.97 bits per heavy atom. The van der Waals surface area contributed by atoms with Gasteiger partial charge in [-0.1, -0.05) is 26.0 Å². The first-order chi connectivity index (χ1) is 13.9. The third-order valence-corrected chi connectivity index (χ3v) is 4.68. The summed E-state index contributed by atoms with van der Waals surface area (Å²) in [6.07, 6.45) is 2.50. The maximum absolute atomic E-state index is 12.2. The van der Waals surface area contributed by atoms with Crippen LogP contribution in [0.1, 0.15) is 48.1 Å². The minimum absolute atomic E-state index is 0.0541. The molecule has 0 amide bonds. The lowest BCUT2D eigenvalue weighted by atomic mass is 9.91. The molecule has 0 spiro atoms. The van der Waals surface area contributed by atoms with Crippen LogP contribution in [0, 0.1) is 11.3 Å². The number of anilines is 1. The summed E-state index contributed by atoms with van der Waals surface area (Å²) in [6, 6.07) is 11.4. The molecular weight excluding hydrogens is 368 g/mol. The maximum Gasteiger partial charge on any atom is 0.330 e. The molecule has 1 unspecified atom stereocenters. The SMILES string of the molecule is C=C[C@H](C)c1cc(CC)cc(C(Nc2ccc(C#N)cc2)C(=O)O)c1OCCO. The molecule has 0 aliphatic carbocycles. The van der Waals surface area contributed by atoms with E-state index in [4.69, 9.17) is 10.00 Å². The summed E-state index contributed by atoms with van der Waals surface area (Å²) < 4.78 is 5.80. The fourth-order valence-electron chi connectivity index (χ4n) is 3.02. The Balaban J connectivity index is 2.59. The topological polar surface area (TPSA) is 103 Å². The largest absolute Gasteiger partial charge is 0.491 e. The van der Waals surface area contributed by atoms with Crippen molar-refractivity contribution in [1.29, 1.82) is 5.26 Å². The number of carboxylic acid groups (broad SMARTS) is 1. The Bertz CT molecular complexity index is 900. The summed E-state index contributed by atoms with van der Waals surface area (Å²) >= 11 is 0. The first-order valence-electron chi connectivity index (χ1n) is 9.47. The lowest BCUT2D eigenvalue weighted by Gasteiger charge is -2.24. The zero-order valence-electron chi connectivity index (χ0n) is 16.7. The number of aliphatic hydroxyl groups excluding tert-OH is 1. The van der Waals surface area contributed by atoms with Gasteiger partial charge < -0.3 is 20.3 Å². The van der Waals surface area contributed by atoms with Crippen LogP contribution >= 0.6 is 0 Å². The van der Waals surface area contributed by atoms with Crippen LogP contribution in [-0.4, -0.2) is 29.4 Å². The molecule has 0 saturated heterocycles. The van der Waals surface area contributed by atoms with Gasteiger partial charge in [-0.15, -0.1) is 6.58 Å². The van der Waals surface area contributed by atoms with Crippen molar-refractivity contribution in [1.82, 2.24) is 0 Å². The smallest absolute Gasteiger partial charge is 0.330 e. The van der Waals surface area contributed by atoms with E-state index in [2.05, 4.69) is 11.9 Å². The van der Waals surface area contributed by atoms with Crippen LogP contribution in [0.15, 0.2) is 49.1 Å². The predicted octanol–water partition coefficient (Wildman–Crippen LogP) is 4.02. The number of hydrogen-bond donors (Lipinski definition) is 3. The van der Waals surface area contributed by atoms with Crippen molar-refractivity contribution in [2.45, 2.75) is 32.2 Å². The summed E-state index contributed by atoms with van der Waals surface area (Å²) in [7, 11) is 0. The number of nitrogens with one attached hydrogen (secondary N) is 1. The first kappa shape index (κ1) is 22.0. The van der Waals surface area contributed by atoms with E-state index in [-0.39, 0.29) is 19.1 Å². The molecule has 0 saturated carbocycles. The van der Waals surface area contributed by atoms with Gasteiger partial charge >= 0.3 is 5.97 Å². The number of rotatable bonds is 10. The second-order valence-corrected chi connectivity index (χ2v) is 6.66. The Labute approximate surface area is 171 Å². The highest BCUT2D eigenvalue weighted by Crippen LogP contribution is 2.37. The van der Waals surface area contributed by atoms with Crippen molar-refractivity contribution in [3.8, 4) is 11.8 Å². The molecule has 2 aromatic rings. The third-order valence-electron chi connectivity index (χ3n) is 4.68. The number of nitrogens with zero attached hydrogens (tertiary/aromatic N) is 1. The molecule has 0 bridgehead atoms. The van der Waals surface area contributed by atoms with Crippen LogP contribution < -0.4 is 10.1 Å². The molecule has 0 fully saturated rings. The highest BCUT2D eigenvalue weighted by atomic mass is 16.5. The molecule has 6 nitrogen and oxygen atoms in total. The second kappa shape index (κ2) is 10.3. The average molecular weight is 394 g/mol. The van der Waals surface area contributed by atoms with Gasteiger partial charge in [0.25, 0.3) is 0 Å². The van der Waals surface area contributed by atoms with E-state index in [0.29, 0.717) is 22.6 Å². The van der Waals surface area contributed by atoms with Crippen LogP contribution in [0.2, 0.25) is 0 Å². The molecular formula is C23H26N2O4. The minimum Gasteiger partial charge on any atom is -0.491 e. The van der Waals surface area contributed by atoms with E-state index < -0.39 is 12.0 Å². The second-order valence-electron chi connectivity index (χ2n) is 6.66.